The molecule has 19 heavy (non-hydrogen) atoms. The summed E-state index contributed by atoms with van der Waals surface area (Å²) in [5.74, 6) is 0. The highest BCUT2D eigenvalue weighted by Crippen LogP contribution is 2.21. The molecule has 1 aromatic carbocycles. The standard InChI is InChI=1S/C11H14N2O6/c14-8-5-19-11(10(16)9(8)15)12-6-2-1-3-7(4-6)13(17)18/h1-4,8-12,14-16H,5H2/t8-,9+,10+,11+/m0/s1. The van der Waals surface area contributed by atoms with Gasteiger partial charge in [0, 0.05) is 17.8 Å². The van der Waals surface area contributed by atoms with Crippen LogP contribution in [0.4, 0.5) is 11.4 Å². The van der Waals surface area contributed by atoms with Gasteiger partial charge in [0.2, 0.25) is 0 Å². The van der Waals surface area contributed by atoms with Gasteiger partial charge >= 0.3 is 0 Å². The van der Waals surface area contributed by atoms with Gasteiger partial charge in [0.05, 0.1) is 11.5 Å². The van der Waals surface area contributed by atoms with Crippen LogP contribution in [0.3, 0.4) is 0 Å². The molecule has 1 saturated heterocycles. The van der Waals surface area contributed by atoms with Crippen molar-refractivity contribution >= 4 is 11.4 Å². The Balaban J connectivity index is 2.09. The fraction of sp³-hybridized carbons (Fsp3) is 0.455. The number of hydrogen-bond acceptors (Lipinski definition) is 7. The van der Waals surface area contributed by atoms with Crippen LogP contribution < -0.4 is 5.32 Å². The first kappa shape index (κ1) is 13.7. The second-order valence-corrected chi connectivity index (χ2v) is 4.25. The normalized spacial score (nSPS) is 30.9. The van der Waals surface area contributed by atoms with Crippen molar-refractivity contribution in [3.63, 3.8) is 0 Å². The average molecular weight is 270 g/mol. The number of hydrogen-bond donors (Lipinski definition) is 4. The second-order valence-electron chi connectivity index (χ2n) is 4.25. The summed E-state index contributed by atoms with van der Waals surface area (Å²) in [6.07, 6.45) is -4.76. The third-order valence-corrected chi connectivity index (χ3v) is 2.87. The Kier molecular flexibility index (Phi) is 3.96. The van der Waals surface area contributed by atoms with E-state index in [1.54, 1.807) is 6.07 Å². The van der Waals surface area contributed by atoms with Crippen molar-refractivity contribution in [3.8, 4) is 0 Å². The average Bonchev–Trinajstić information content (AvgIpc) is 2.40. The largest absolute Gasteiger partial charge is 0.388 e. The summed E-state index contributed by atoms with van der Waals surface area (Å²) < 4.78 is 5.14. The van der Waals surface area contributed by atoms with Gasteiger partial charge in [-0.25, -0.2) is 0 Å². The molecule has 0 bridgehead atoms. The predicted molar refractivity (Wildman–Crippen MR) is 64.5 cm³/mol. The lowest BCUT2D eigenvalue weighted by molar-refractivity contribution is -0.384. The molecule has 4 atom stereocenters. The maximum absolute atomic E-state index is 10.6. The van der Waals surface area contributed by atoms with E-state index in [1.165, 1.54) is 18.2 Å². The number of aliphatic hydroxyl groups excluding tert-OH is 3. The summed E-state index contributed by atoms with van der Waals surface area (Å²) in [5.41, 5.74) is 0.276. The van der Waals surface area contributed by atoms with Crippen molar-refractivity contribution in [3.05, 3.63) is 34.4 Å². The fourth-order valence-electron chi connectivity index (χ4n) is 1.81. The zero-order chi connectivity index (χ0) is 14.0. The maximum atomic E-state index is 10.6. The third-order valence-electron chi connectivity index (χ3n) is 2.87. The molecule has 1 fully saturated rings. The van der Waals surface area contributed by atoms with Crippen LogP contribution in [0.5, 0.6) is 0 Å². The number of ether oxygens (including phenoxy) is 1. The number of nitrogens with one attached hydrogen (secondary N) is 1. The van der Waals surface area contributed by atoms with Gasteiger partial charge in [-0.1, -0.05) is 6.07 Å². The molecule has 104 valence electrons. The van der Waals surface area contributed by atoms with E-state index in [0.29, 0.717) is 5.69 Å². The highest BCUT2D eigenvalue weighted by atomic mass is 16.6. The molecule has 8 heteroatoms. The van der Waals surface area contributed by atoms with Crippen molar-refractivity contribution in [2.24, 2.45) is 0 Å². The molecule has 0 aromatic heterocycles. The summed E-state index contributed by atoms with van der Waals surface area (Å²) in [4.78, 5) is 10.1. The van der Waals surface area contributed by atoms with Gasteiger partial charge in [-0.2, -0.15) is 0 Å². The number of nitro benzene ring substituents is 1. The van der Waals surface area contributed by atoms with E-state index in [1.807, 2.05) is 0 Å². The van der Waals surface area contributed by atoms with Crippen LogP contribution in [0.2, 0.25) is 0 Å². The third kappa shape index (κ3) is 2.99. The molecule has 4 N–H and O–H groups in total. The minimum absolute atomic E-state index is 0.101. The molecule has 0 saturated carbocycles. The lowest BCUT2D eigenvalue weighted by Crippen LogP contribution is -2.55. The smallest absolute Gasteiger partial charge is 0.271 e. The molecule has 0 aliphatic carbocycles. The molecule has 1 heterocycles. The molecule has 1 aliphatic heterocycles. The molecular weight excluding hydrogens is 256 g/mol. The Hall–Kier alpha value is -1.74. The number of nitro groups is 1. The highest BCUT2D eigenvalue weighted by Gasteiger charge is 2.37. The van der Waals surface area contributed by atoms with E-state index in [-0.39, 0.29) is 12.3 Å². The summed E-state index contributed by atoms with van der Waals surface area (Å²) in [5, 5.41) is 41.9. The van der Waals surface area contributed by atoms with Crippen molar-refractivity contribution < 1.29 is 25.0 Å². The molecule has 0 radical (unpaired) electrons. The van der Waals surface area contributed by atoms with Crippen LogP contribution >= 0.6 is 0 Å². The van der Waals surface area contributed by atoms with Gasteiger partial charge in [-0.05, 0) is 6.07 Å². The van der Waals surface area contributed by atoms with Crippen molar-refractivity contribution in [1.82, 2.24) is 0 Å². The number of non-ortho nitro benzene ring substituents is 1. The molecule has 2 rings (SSSR count). The van der Waals surface area contributed by atoms with E-state index >= 15 is 0 Å². The minimum atomic E-state index is -1.33. The van der Waals surface area contributed by atoms with Crippen LogP contribution in [0, 0.1) is 10.1 Å². The molecule has 8 nitrogen and oxygen atoms in total. The second kappa shape index (κ2) is 5.49. The molecule has 0 amide bonds. The van der Waals surface area contributed by atoms with Crippen molar-refractivity contribution in [2.45, 2.75) is 24.5 Å². The van der Waals surface area contributed by atoms with E-state index in [4.69, 9.17) is 4.74 Å². The number of anilines is 1. The number of aliphatic hydroxyl groups is 3. The van der Waals surface area contributed by atoms with Gasteiger partial charge in [0.25, 0.3) is 5.69 Å². The Morgan fingerprint density at radius 2 is 2.05 bits per heavy atom. The Morgan fingerprint density at radius 1 is 1.32 bits per heavy atom. The monoisotopic (exact) mass is 270 g/mol. The zero-order valence-electron chi connectivity index (χ0n) is 9.84. The van der Waals surface area contributed by atoms with Gasteiger partial charge < -0.3 is 25.4 Å². The van der Waals surface area contributed by atoms with Crippen LogP contribution in [0.1, 0.15) is 0 Å². The fourth-order valence-corrected chi connectivity index (χ4v) is 1.81. The van der Waals surface area contributed by atoms with Crippen molar-refractivity contribution in [2.75, 3.05) is 11.9 Å². The lowest BCUT2D eigenvalue weighted by atomic mass is 10.0. The topological polar surface area (TPSA) is 125 Å². The Bertz CT molecular complexity index is 468. The highest BCUT2D eigenvalue weighted by molar-refractivity contribution is 5.51. The summed E-state index contributed by atoms with van der Waals surface area (Å²) in [6, 6.07) is 5.68. The van der Waals surface area contributed by atoms with Gasteiger partial charge in [-0.3, -0.25) is 10.1 Å². The SMILES string of the molecule is O=[N+]([O-])c1cccc(N[C@@H]2OC[C@H](O)[C@@H](O)[C@H]2O)c1. The number of benzene rings is 1. The van der Waals surface area contributed by atoms with E-state index in [2.05, 4.69) is 5.32 Å². The van der Waals surface area contributed by atoms with E-state index < -0.39 is 29.5 Å². The first-order valence-corrected chi connectivity index (χ1v) is 5.66. The van der Waals surface area contributed by atoms with E-state index in [0.717, 1.165) is 0 Å². The van der Waals surface area contributed by atoms with Crippen LogP contribution in [-0.4, -0.2) is 51.4 Å². The number of rotatable bonds is 3. The molecule has 1 aromatic rings. The lowest BCUT2D eigenvalue weighted by Gasteiger charge is -2.35. The Labute approximate surface area is 108 Å². The van der Waals surface area contributed by atoms with Gasteiger partial charge in [-0.15, -0.1) is 0 Å². The van der Waals surface area contributed by atoms with Gasteiger partial charge in [0.15, 0.2) is 6.23 Å². The molecule has 1 aliphatic rings. The summed E-state index contributed by atoms with van der Waals surface area (Å²) in [7, 11) is 0. The predicted octanol–water partition coefficient (Wildman–Crippen LogP) is -0.554. The summed E-state index contributed by atoms with van der Waals surface area (Å²) in [6.45, 7) is -0.134. The minimum Gasteiger partial charge on any atom is -0.388 e. The molecule has 0 unspecified atom stereocenters. The Morgan fingerprint density at radius 3 is 2.74 bits per heavy atom. The van der Waals surface area contributed by atoms with Gasteiger partial charge in [0.1, 0.15) is 18.3 Å². The molecule has 0 spiro atoms. The van der Waals surface area contributed by atoms with Crippen LogP contribution in [-0.2, 0) is 4.74 Å². The zero-order valence-corrected chi connectivity index (χ0v) is 9.84. The van der Waals surface area contributed by atoms with Crippen LogP contribution in [0.25, 0.3) is 0 Å². The first-order chi connectivity index (χ1) is 8.99. The first-order valence-electron chi connectivity index (χ1n) is 5.66. The van der Waals surface area contributed by atoms with Crippen molar-refractivity contribution in [1.29, 1.82) is 0 Å². The molecular formula is C11H14N2O6. The van der Waals surface area contributed by atoms with E-state index in [9.17, 15) is 25.4 Å². The van der Waals surface area contributed by atoms with Crippen LogP contribution in [0.15, 0.2) is 24.3 Å². The number of nitrogens with zero attached hydrogens (tertiary/aromatic N) is 1. The maximum Gasteiger partial charge on any atom is 0.271 e. The quantitative estimate of drug-likeness (QED) is 0.428. The summed E-state index contributed by atoms with van der Waals surface area (Å²) >= 11 is 0.